The Morgan fingerprint density at radius 2 is 2.21 bits per heavy atom. The van der Waals surface area contributed by atoms with Gasteiger partial charge in [0.25, 0.3) is 5.91 Å². The predicted octanol–water partition coefficient (Wildman–Crippen LogP) is 2.67. The summed E-state index contributed by atoms with van der Waals surface area (Å²) in [6, 6.07) is 4.59. The van der Waals surface area contributed by atoms with Crippen molar-refractivity contribution in [2.24, 2.45) is 0 Å². The van der Waals surface area contributed by atoms with Crippen LogP contribution in [0.3, 0.4) is 0 Å². The topological polar surface area (TPSA) is 45.2 Å². The highest BCUT2D eigenvalue weighted by molar-refractivity contribution is 5.99. The highest BCUT2D eigenvalue weighted by atomic mass is 16.2. The van der Waals surface area contributed by atoms with Crippen molar-refractivity contribution in [3.05, 3.63) is 23.9 Å². The van der Waals surface area contributed by atoms with Crippen molar-refractivity contribution in [3.63, 3.8) is 0 Å². The fourth-order valence-electron chi connectivity index (χ4n) is 2.67. The summed E-state index contributed by atoms with van der Waals surface area (Å²) < 4.78 is 0. The van der Waals surface area contributed by atoms with Crippen LogP contribution in [0.25, 0.3) is 0 Å². The lowest BCUT2D eigenvalue weighted by molar-refractivity contribution is 0.0636. The molecular formula is C15H21N3O. The highest BCUT2D eigenvalue weighted by Crippen LogP contribution is 2.27. The Hall–Kier alpha value is -1.58. The van der Waals surface area contributed by atoms with Gasteiger partial charge in [0.2, 0.25) is 0 Å². The van der Waals surface area contributed by atoms with E-state index in [1.165, 1.54) is 19.3 Å². The molecule has 2 fully saturated rings. The zero-order valence-electron chi connectivity index (χ0n) is 11.4. The number of piperidine rings is 1. The molecule has 0 aromatic carbocycles. The molecule has 102 valence electrons. The van der Waals surface area contributed by atoms with Crippen LogP contribution in [0.1, 0.15) is 49.4 Å². The number of carbonyl (C=O) groups excluding carboxylic acids is 1. The van der Waals surface area contributed by atoms with Crippen LogP contribution in [-0.4, -0.2) is 34.4 Å². The number of nitrogens with one attached hydrogen (secondary N) is 1. The smallest absolute Gasteiger partial charge is 0.257 e. The number of nitrogens with zero attached hydrogens (tertiary/aromatic N) is 2. The van der Waals surface area contributed by atoms with Gasteiger partial charge in [0.1, 0.15) is 5.82 Å². The van der Waals surface area contributed by atoms with Gasteiger partial charge in [-0.3, -0.25) is 4.79 Å². The number of aromatic nitrogens is 1. The van der Waals surface area contributed by atoms with Gasteiger partial charge in [-0.25, -0.2) is 4.98 Å². The molecule has 1 atom stereocenters. The third-order valence-corrected chi connectivity index (χ3v) is 4.02. The standard InChI is InChI=1S/C15H21N3O/c1-11-5-2-3-10-18(11)15(19)13-6-4-9-16-14(13)17-12-7-8-12/h4,6,9,11-12H,2-3,5,7-8,10H2,1H3,(H,16,17). The van der Waals surface area contributed by atoms with Crippen LogP contribution in [0.5, 0.6) is 0 Å². The molecule has 0 radical (unpaired) electrons. The van der Waals surface area contributed by atoms with Crippen molar-refractivity contribution in [3.8, 4) is 0 Å². The molecule has 1 aliphatic carbocycles. The van der Waals surface area contributed by atoms with E-state index in [9.17, 15) is 4.79 Å². The monoisotopic (exact) mass is 259 g/mol. The molecule has 1 amide bonds. The maximum absolute atomic E-state index is 12.7. The van der Waals surface area contributed by atoms with Gasteiger partial charge in [-0.1, -0.05) is 0 Å². The SMILES string of the molecule is CC1CCCCN1C(=O)c1cccnc1NC1CC1. The molecule has 4 heteroatoms. The molecule has 4 nitrogen and oxygen atoms in total. The van der Waals surface area contributed by atoms with Crippen molar-refractivity contribution < 1.29 is 4.79 Å². The quantitative estimate of drug-likeness (QED) is 0.907. The lowest BCUT2D eigenvalue weighted by Gasteiger charge is -2.33. The Bertz CT molecular complexity index is 470. The number of pyridine rings is 1. The summed E-state index contributed by atoms with van der Waals surface area (Å²) >= 11 is 0. The van der Waals surface area contributed by atoms with Crippen LogP contribution in [0.15, 0.2) is 18.3 Å². The van der Waals surface area contributed by atoms with E-state index in [0.29, 0.717) is 12.1 Å². The van der Waals surface area contributed by atoms with E-state index in [4.69, 9.17) is 0 Å². The summed E-state index contributed by atoms with van der Waals surface area (Å²) in [7, 11) is 0. The minimum atomic E-state index is 0.128. The van der Waals surface area contributed by atoms with Gasteiger partial charge in [-0.15, -0.1) is 0 Å². The van der Waals surface area contributed by atoms with Crippen LogP contribution < -0.4 is 5.32 Å². The normalized spacial score (nSPS) is 23.2. The second-order valence-electron chi connectivity index (χ2n) is 5.66. The Morgan fingerprint density at radius 3 is 2.95 bits per heavy atom. The molecule has 1 saturated heterocycles. The summed E-state index contributed by atoms with van der Waals surface area (Å²) in [5.74, 6) is 0.885. The molecule has 2 heterocycles. The molecule has 1 unspecified atom stereocenters. The summed E-state index contributed by atoms with van der Waals surface area (Å²) in [4.78, 5) is 19.0. The maximum atomic E-state index is 12.7. The van der Waals surface area contributed by atoms with E-state index in [1.54, 1.807) is 6.20 Å². The van der Waals surface area contributed by atoms with Crippen LogP contribution >= 0.6 is 0 Å². The zero-order valence-corrected chi connectivity index (χ0v) is 11.4. The van der Waals surface area contributed by atoms with Crippen molar-refractivity contribution in [2.45, 2.75) is 51.1 Å². The third kappa shape index (κ3) is 2.72. The Labute approximate surface area is 114 Å². The van der Waals surface area contributed by atoms with Crippen LogP contribution in [-0.2, 0) is 0 Å². The Kier molecular flexibility index (Phi) is 3.40. The van der Waals surface area contributed by atoms with Gasteiger partial charge in [-0.05, 0) is 51.2 Å². The van der Waals surface area contributed by atoms with Gasteiger partial charge in [0, 0.05) is 24.8 Å². The number of likely N-dealkylation sites (tertiary alicyclic amines) is 1. The highest BCUT2D eigenvalue weighted by Gasteiger charge is 2.28. The fraction of sp³-hybridized carbons (Fsp3) is 0.600. The van der Waals surface area contributed by atoms with E-state index >= 15 is 0 Å². The van der Waals surface area contributed by atoms with Crippen molar-refractivity contribution in [1.29, 1.82) is 0 Å². The molecule has 2 aliphatic rings. The fourth-order valence-corrected chi connectivity index (χ4v) is 2.67. The minimum Gasteiger partial charge on any atom is -0.367 e. The summed E-state index contributed by atoms with van der Waals surface area (Å²) in [5, 5.41) is 3.36. The van der Waals surface area contributed by atoms with Crippen LogP contribution in [0.2, 0.25) is 0 Å². The number of amides is 1. The van der Waals surface area contributed by atoms with Gasteiger partial charge in [-0.2, -0.15) is 0 Å². The summed E-state index contributed by atoms with van der Waals surface area (Å²) in [6.07, 6.45) is 7.57. The van der Waals surface area contributed by atoms with E-state index < -0.39 is 0 Å². The van der Waals surface area contributed by atoms with Crippen molar-refractivity contribution in [1.82, 2.24) is 9.88 Å². The second kappa shape index (κ2) is 5.19. The minimum absolute atomic E-state index is 0.128. The maximum Gasteiger partial charge on any atom is 0.257 e. The Morgan fingerprint density at radius 1 is 1.37 bits per heavy atom. The Balaban J connectivity index is 1.81. The predicted molar refractivity (Wildman–Crippen MR) is 75.2 cm³/mol. The van der Waals surface area contributed by atoms with Crippen LogP contribution in [0, 0.1) is 0 Å². The molecule has 19 heavy (non-hydrogen) atoms. The molecular weight excluding hydrogens is 238 g/mol. The first-order chi connectivity index (χ1) is 9.25. The van der Waals surface area contributed by atoms with Gasteiger partial charge >= 0.3 is 0 Å². The molecule has 0 bridgehead atoms. The summed E-state index contributed by atoms with van der Waals surface area (Å²) in [6.45, 7) is 3.01. The van der Waals surface area contributed by atoms with Crippen molar-refractivity contribution >= 4 is 11.7 Å². The number of hydrogen-bond acceptors (Lipinski definition) is 3. The molecule has 3 rings (SSSR count). The van der Waals surface area contributed by atoms with E-state index in [1.807, 2.05) is 17.0 Å². The lowest BCUT2D eigenvalue weighted by atomic mass is 10.0. The number of carbonyl (C=O) groups is 1. The van der Waals surface area contributed by atoms with Crippen molar-refractivity contribution in [2.75, 3.05) is 11.9 Å². The lowest BCUT2D eigenvalue weighted by Crippen LogP contribution is -2.42. The third-order valence-electron chi connectivity index (χ3n) is 4.02. The zero-order chi connectivity index (χ0) is 13.2. The van der Waals surface area contributed by atoms with Gasteiger partial charge in [0.15, 0.2) is 0 Å². The molecule has 1 aromatic heterocycles. The summed E-state index contributed by atoms with van der Waals surface area (Å²) in [5.41, 5.74) is 0.725. The second-order valence-corrected chi connectivity index (χ2v) is 5.66. The molecule has 0 spiro atoms. The molecule has 1 aromatic rings. The first-order valence-corrected chi connectivity index (χ1v) is 7.28. The molecule has 1 N–H and O–H groups in total. The van der Waals surface area contributed by atoms with E-state index in [2.05, 4.69) is 17.2 Å². The number of anilines is 1. The average Bonchev–Trinajstić information content (AvgIpc) is 3.23. The van der Waals surface area contributed by atoms with E-state index in [-0.39, 0.29) is 5.91 Å². The first-order valence-electron chi connectivity index (χ1n) is 7.28. The number of hydrogen-bond donors (Lipinski definition) is 1. The number of rotatable bonds is 3. The molecule has 1 saturated carbocycles. The van der Waals surface area contributed by atoms with Crippen LogP contribution in [0.4, 0.5) is 5.82 Å². The van der Waals surface area contributed by atoms with Gasteiger partial charge < -0.3 is 10.2 Å². The first kappa shape index (κ1) is 12.5. The van der Waals surface area contributed by atoms with Gasteiger partial charge in [0.05, 0.1) is 5.56 Å². The average molecular weight is 259 g/mol. The molecule has 1 aliphatic heterocycles. The van der Waals surface area contributed by atoms with E-state index in [0.717, 1.165) is 30.8 Å². The largest absolute Gasteiger partial charge is 0.367 e.